The lowest BCUT2D eigenvalue weighted by Crippen LogP contribution is -2.60. The molecule has 0 saturated carbocycles. The largest absolute Gasteiger partial charge is 0.480 e. The second-order valence-electron chi connectivity index (χ2n) is 16.4. The highest BCUT2D eigenvalue weighted by molar-refractivity contribution is 7.80. The number of aliphatic imine (C=N–C) groups is 3. The zero-order valence-electron chi connectivity index (χ0n) is 39.0. The summed E-state index contributed by atoms with van der Waals surface area (Å²) in [5.41, 5.74) is 45.4. The number of nitrogens with zero attached hydrogens (tertiary/aromatic N) is 3. The predicted octanol–water partition coefficient (Wildman–Crippen LogP) is -4.18. The molecule has 0 aromatic heterocycles. The van der Waals surface area contributed by atoms with E-state index in [1.54, 1.807) is 30.3 Å². The summed E-state index contributed by atoms with van der Waals surface area (Å²) in [6.45, 7) is 4.32. The quantitative estimate of drug-likeness (QED) is 0.0135. The molecular weight excluding hydrogens is 903 g/mol. The molecule has 0 radical (unpaired) electrons. The number of carbonyl (C=O) groups excluding carboxylic acids is 6. The number of aliphatic carboxylic acids is 1. The molecule has 6 amide bonds. The van der Waals surface area contributed by atoms with Gasteiger partial charge in [0.05, 0.1) is 6.04 Å². The Hall–Kier alpha value is -6.41. The Labute approximate surface area is 402 Å². The summed E-state index contributed by atoms with van der Waals surface area (Å²) in [4.78, 5) is 107. The number of carbonyl (C=O) groups is 7. The van der Waals surface area contributed by atoms with Crippen LogP contribution in [0.15, 0.2) is 45.3 Å². The molecule has 0 fully saturated rings. The fraction of sp³-hybridized carbons (Fsp3) is 0.619. The number of benzene rings is 1. The minimum absolute atomic E-state index is 0.0237. The fourth-order valence-electron chi connectivity index (χ4n) is 6.58. The minimum Gasteiger partial charge on any atom is -0.480 e. The van der Waals surface area contributed by atoms with E-state index < -0.39 is 83.7 Å². The molecule has 7 atom stereocenters. The van der Waals surface area contributed by atoms with Crippen molar-refractivity contribution in [3.63, 3.8) is 0 Å². The Bertz CT molecular complexity index is 1840. The predicted molar refractivity (Wildman–Crippen MR) is 263 cm³/mol. The third kappa shape index (κ3) is 25.5. The SMILES string of the molecule is CC(C)C[C@H](N)C(=O)N[C@@H](CCCCN)C(=O)N[C@@H](CCCN=C(N)N)C(=O)N[C@@H](CCCN=C(N)N)C(=O)N[C@@H](CCCN=C(N)N)C(=O)N[C@@H](CS)C(=O)N[C@@H](Cc1ccccc1)C(=O)O. The maximum absolute atomic E-state index is 14.2. The van der Waals surface area contributed by atoms with Gasteiger partial charge in [-0.25, -0.2) is 4.79 Å². The number of nitrogens with one attached hydrogen (secondary N) is 6. The average Bonchev–Trinajstić information content (AvgIpc) is 3.27. The lowest BCUT2D eigenvalue weighted by Gasteiger charge is -2.27. The molecule has 23 N–H and O–H groups in total. The molecule has 0 spiro atoms. The van der Waals surface area contributed by atoms with Crippen LogP contribution < -0.4 is 77.8 Å². The summed E-state index contributed by atoms with van der Waals surface area (Å²) < 4.78 is 0. The van der Waals surface area contributed by atoms with Crippen LogP contribution in [0.5, 0.6) is 0 Å². The normalized spacial score (nSPS) is 14.0. The van der Waals surface area contributed by atoms with Gasteiger partial charge in [0.15, 0.2) is 17.9 Å². The van der Waals surface area contributed by atoms with Crippen LogP contribution in [0.2, 0.25) is 0 Å². The van der Waals surface area contributed by atoms with Crippen LogP contribution >= 0.6 is 12.6 Å². The molecule has 0 heterocycles. The summed E-state index contributed by atoms with van der Waals surface area (Å²) in [5, 5.41) is 25.6. The maximum Gasteiger partial charge on any atom is 0.326 e. The van der Waals surface area contributed by atoms with E-state index in [-0.39, 0.29) is 101 Å². The lowest BCUT2D eigenvalue weighted by atomic mass is 10.0. The van der Waals surface area contributed by atoms with Gasteiger partial charge in [-0.3, -0.25) is 43.7 Å². The zero-order valence-corrected chi connectivity index (χ0v) is 39.9. The molecule has 68 heavy (non-hydrogen) atoms. The summed E-state index contributed by atoms with van der Waals surface area (Å²) in [5.74, 6) is -6.70. The van der Waals surface area contributed by atoms with Gasteiger partial charge in [0.2, 0.25) is 35.4 Å². The van der Waals surface area contributed by atoms with E-state index in [4.69, 9.17) is 45.9 Å². The van der Waals surface area contributed by atoms with Crippen molar-refractivity contribution in [2.45, 2.75) is 127 Å². The standard InChI is InChI=1S/C42H75N17O8S/c1-24(2)21-26(44)33(60)54-27(13-6-7-17-43)34(61)55-28(14-8-18-51-40(45)46)35(62)56-29(15-9-19-52-41(47)48)36(63)57-30(16-10-20-53-42(49)50)37(64)59-32(23-68)38(65)58-31(39(66)67)22-25-11-4-3-5-12-25/h3-5,11-12,24,26-32,68H,6-10,13-23,43-44H2,1-2H3,(H,54,60)(H,55,61)(H,56,62)(H,57,63)(H,58,65)(H,59,64)(H,66,67)(H4,45,46,51)(H4,47,48,52)(H4,49,50,53)/t26-,27-,28-,29-,30-,31-,32-/m0/s1. The van der Waals surface area contributed by atoms with Crippen LogP contribution in [-0.4, -0.2) is 139 Å². The number of unbranched alkanes of at least 4 members (excludes halogenated alkanes) is 1. The molecule has 26 heteroatoms. The number of carboxylic acid groups (broad SMARTS) is 1. The first-order valence-corrected chi connectivity index (χ1v) is 23.1. The lowest BCUT2D eigenvalue weighted by molar-refractivity contribution is -0.142. The Balaban J connectivity index is 3.53. The van der Waals surface area contributed by atoms with Crippen molar-refractivity contribution in [2.24, 2.45) is 66.8 Å². The van der Waals surface area contributed by atoms with E-state index in [1.165, 1.54) is 0 Å². The summed E-state index contributed by atoms with van der Waals surface area (Å²) in [6, 6.07) is -0.124. The van der Waals surface area contributed by atoms with Gasteiger partial charge < -0.3 is 82.9 Å². The van der Waals surface area contributed by atoms with Crippen molar-refractivity contribution < 1.29 is 38.7 Å². The molecule has 382 valence electrons. The van der Waals surface area contributed by atoms with Crippen molar-refractivity contribution in [3.8, 4) is 0 Å². The number of carboxylic acids is 1. The first-order valence-electron chi connectivity index (χ1n) is 22.5. The van der Waals surface area contributed by atoms with Crippen molar-refractivity contribution >= 4 is 71.9 Å². The number of amides is 6. The molecule has 25 nitrogen and oxygen atoms in total. The van der Waals surface area contributed by atoms with Crippen LogP contribution in [0, 0.1) is 5.92 Å². The number of hydrogen-bond acceptors (Lipinski definition) is 13. The van der Waals surface area contributed by atoms with Crippen molar-refractivity contribution in [1.82, 2.24) is 31.9 Å². The number of thiol groups is 1. The van der Waals surface area contributed by atoms with Gasteiger partial charge in [0.25, 0.3) is 0 Å². The smallest absolute Gasteiger partial charge is 0.326 e. The molecule has 1 aromatic carbocycles. The van der Waals surface area contributed by atoms with E-state index in [0.717, 1.165) is 0 Å². The number of nitrogens with two attached hydrogens (primary N) is 8. The second kappa shape index (κ2) is 33.1. The molecule has 1 aromatic rings. The average molecular weight is 978 g/mol. The van der Waals surface area contributed by atoms with Gasteiger partial charge in [-0.05, 0) is 82.2 Å². The molecule has 1 rings (SSSR count). The summed E-state index contributed by atoms with van der Waals surface area (Å²) >= 11 is 4.22. The van der Waals surface area contributed by atoms with Crippen LogP contribution in [0.1, 0.15) is 83.6 Å². The highest BCUT2D eigenvalue weighted by Gasteiger charge is 2.33. The van der Waals surface area contributed by atoms with E-state index in [9.17, 15) is 38.7 Å². The summed E-state index contributed by atoms with van der Waals surface area (Å²) in [6.07, 6.45) is 1.83. The Kier molecular flexibility index (Phi) is 29.0. The maximum atomic E-state index is 14.2. The molecule has 0 bridgehead atoms. The molecule has 0 saturated heterocycles. The van der Waals surface area contributed by atoms with Gasteiger partial charge in [0.1, 0.15) is 36.3 Å². The van der Waals surface area contributed by atoms with Crippen LogP contribution in [0.4, 0.5) is 0 Å². The van der Waals surface area contributed by atoms with Gasteiger partial charge in [0, 0.05) is 31.8 Å². The number of rotatable bonds is 34. The molecular formula is C42H75N17O8S. The van der Waals surface area contributed by atoms with Crippen LogP contribution in [0.3, 0.4) is 0 Å². The monoisotopic (exact) mass is 978 g/mol. The van der Waals surface area contributed by atoms with Gasteiger partial charge in [-0.15, -0.1) is 0 Å². The third-order valence-corrected chi connectivity index (χ3v) is 10.5. The van der Waals surface area contributed by atoms with E-state index in [1.807, 2.05) is 13.8 Å². The van der Waals surface area contributed by atoms with Gasteiger partial charge in [-0.1, -0.05) is 44.2 Å². The van der Waals surface area contributed by atoms with Crippen LogP contribution in [0.25, 0.3) is 0 Å². The van der Waals surface area contributed by atoms with E-state index >= 15 is 0 Å². The van der Waals surface area contributed by atoms with E-state index in [0.29, 0.717) is 31.4 Å². The van der Waals surface area contributed by atoms with Crippen molar-refractivity contribution in [2.75, 3.05) is 31.9 Å². The van der Waals surface area contributed by atoms with Gasteiger partial charge in [-0.2, -0.15) is 12.6 Å². The Morgan fingerprint density at radius 3 is 1.25 bits per heavy atom. The topological polar surface area (TPSA) is 457 Å². The van der Waals surface area contributed by atoms with Crippen molar-refractivity contribution in [3.05, 3.63) is 35.9 Å². The summed E-state index contributed by atoms with van der Waals surface area (Å²) in [7, 11) is 0. The molecule has 0 aliphatic carbocycles. The highest BCUT2D eigenvalue weighted by atomic mass is 32.1. The highest BCUT2D eigenvalue weighted by Crippen LogP contribution is 2.11. The molecule has 0 aliphatic heterocycles. The molecule has 0 unspecified atom stereocenters. The second-order valence-corrected chi connectivity index (χ2v) is 16.8. The van der Waals surface area contributed by atoms with Crippen molar-refractivity contribution in [1.29, 1.82) is 0 Å². The molecule has 0 aliphatic rings. The van der Waals surface area contributed by atoms with E-state index in [2.05, 4.69) is 59.5 Å². The Morgan fingerprint density at radius 1 is 0.544 bits per heavy atom. The van der Waals surface area contributed by atoms with Gasteiger partial charge >= 0.3 is 5.97 Å². The fourth-order valence-corrected chi connectivity index (χ4v) is 6.84. The Morgan fingerprint density at radius 2 is 0.897 bits per heavy atom. The third-order valence-electron chi connectivity index (χ3n) is 10.1. The van der Waals surface area contributed by atoms with Crippen LogP contribution in [-0.2, 0) is 40.0 Å². The minimum atomic E-state index is -1.37. The first-order chi connectivity index (χ1) is 32.2. The number of hydrogen-bond donors (Lipinski definition) is 16. The number of guanidine groups is 3. The zero-order chi connectivity index (χ0) is 51.2. The first kappa shape index (κ1) is 59.6.